The van der Waals surface area contributed by atoms with E-state index in [1.807, 2.05) is 41.1 Å². The minimum Gasteiger partial charge on any atom is -0.349 e. The van der Waals surface area contributed by atoms with Crippen molar-refractivity contribution in [3.8, 4) is 6.07 Å². The van der Waals surface area contributed by atoms with Crippen molar-refractivity contribution in [1.82, 2.24) is 9.88 Å². The zero-order valence-electron chi connectivity index (χ0n) is 17.0. The second kappa shape index (κ2) is 8.84. The molecule has 4 rings (SSSR count). The number of nitrogens with zero attached hydrogens (tertiary/aromatic N) is 3. The Labute approximate surface area is 179 Å². The minimum absolute atomic E-state index is 0.0525. The van der Waals surface area contributed by atoms with Crippen LogP contribution in [0.1, 0.15) is 36.8 Å². The Kier molecular flexibility index (Phi) is 5.80. The van der Waals surface area contributed by atoms with E-state index >= 15 is 0 Å². The molecule has 1 aliphatic rings. The van der Waals surface area contributed by atoms with Crippen LogP contribution >= 0.6 is 0 Å². The van der Waals surface area contributed by atoms with Gasteiger partial charge < -0.3 is 9.88 Å². The van der Waals surface area contributed by atoms with Crippen molar-refractivity contribution >= 4 is 28.6 Å². The molecule has 0 bridgehead atoms. The smallest absolute Gasteiger partial charge is 0.269 e. The van der Waals surface area contributed by atoms with Crippen LogP contribution in [-0.4, -0.2) is 21.4 Å². The van der Waals surface area contributed by atoms with Gasteiger partial charge in [-0.05, 0) is 30.5 Å². The van der Waals surface area contributed by atoms with Crippen LogP contribution < -0.4 is 5.32 Å². The van der Waals surface area contributed by atoms with Gasteiger partial charge in [0.25, 0.3) is 11.6 Å². The number of hydrogen-bond acceptors (Lipinski definition) is 4. The lowest BCUT2D eigenvalue weighted by Gasteiger charge is -2.10. The molecule has 7 nitrogen and oxygen atoms in total. The zero-order chi connectivity index (χ0) is 21.8. The third-order valence-electron chi connectivity index (χ3n) is 5.67. The molecule has 1 fully saturated rings. The number of nitro groups is 1. The van der Waals surface area contributed by atoms with E-state index < -0.39 is 4.92 Å². The van der Waals surface area contributed by atoms with Crippen LogP contribution in [0.2, 0.25) is 0 Å². The zero-order valence-corrected chi connectivity index (χ0v) is 17.0. The first-order chi connectivity index (χ1) is 15.0. The molecule has 2 aromatic carbocycles. The maximum Gasteiger partial charge on any atom is 0.269 e. The predicted molar refractivity (Wildman–Crippen MR) is 118 cm³/mol. The summed E-state index contributed by atoms with van der Waals surface area (Å²) in [6.45, 7) is 0.516. The monoisotopic (exact) mass is 414 g/mol. The fraction of sp³-hybridized carbons (Fsp3) is 0.250. The molecule has 1 amide bonds. The maximum absolute atomic E-state index is 12.6. The Morgan fingerprint density at radius 3 is 2.58 bits per heavy atom. The number of non-ortho nitro benzene ring substituents is 1. The number of fused-ring (bicyclic) bond motifs is 1. The number of nitrogens with one attached hydrogen (secondary N) is 1. The number of amides is 1. The first-order valence-corrected chi connectivity index (χ1v) is 10.3. The van der Waals surface area contributed by atoms with Crippen LogP contribution in [0.3, 0.4) is 0 Å². The van der Waals surface area contributed by atoms with E-state index in [-0.39, 0.29) is 23.2 Å². The van der Waals surface area contributed by atoms with E-state index in [2.05, 4.69) is 5.32 Å². The summed E-state index contributed by atoms with van der Waals surface area (Å²) >= 11 is 0. The number of para-hydroxylation sites is 1. The van der Waals surface area contributed by atoms with Gasteiger partial charge >= 0.3 is 0 Å². The summed E-state index contributed by atoms with van der Waals surface area (Å²) in [6, 6.07) is 16.4. The van der Waals surface area contributed by atoms with E-state index in [4.69, 9.17) is 0 Å². The lowest BCUT2D eigenvalue weighted by atomic mass is 10.1. The molecule has 0 atom stereocenters. The highest BCUT2D eigenvalue weighted by molar-refractivity contribution is 6.04. The summed E-state index contributed by atoms with van der Waals surface area (Å²) in [7, 11) is 0. The van der Waals surface area contributed by atoms with Gasteiger partial charge in [0.2, 0.25) is 0 Å². The van der Waals surface area contributed by atoms with Crippen molar-refractivity contribution in [1.29, 1.82) is 5.26 Å². The minimum atomic E-state index is -0.419. The van der Waals surface area contributed by atoms with E-state index in [0.717, 1.165) is 47.7 Å². The second-order valence-corrected chi connectivity index (χ2v) is 7.78. The standard InChI is InChI=1S/C24H22N4O3/c25-14-18(24(29)26-20-5-1-2-6-20)13-19-16-27(23-8-4-3-7-22(19)23)15-17-9-11-21(12-10-17)28(30)31/h3-4,7-13,16,20H,1-2,5-6,15H2,(H,26,29)/b18-13-. The predicted octanol–water partition coefficient (Wildman–Crippen LogP) is 4.56. The third kappa shape index (κ3) is 4.48. The van der Waals surface area contributed by atoms with Crippen molar-refractivity contribution in [2.24, 2.45) is 0 Å². The highest BCUT2D eigenvalue weighted by Gasteiger charge is 2.20. The fourth-order valence-electron chi connectivity index (χ4n) is 4.08. The quantitative estimate of drug-likeness (QED) is 0.276. The molecule has 7 heteroatoms. The summed E-state index contributed by atoms with van der Waals surface area (Å²) in [5.74, 6) is -0.332. The van der Waals surface area contributed by atoms with Crippen LogP contribution in [0, 0.1) is 21.4 Å². The number of aromatic nitrogens is 1. The van der Waals surface area contributed by atoms with Crippen molar-refractivity contribution in [2.45, 2.75) is 38.3 Å². The molecule has 3 aromatic rings. The molecule has 0 spiro atoms. The molecule has 0 unspecified atom stereocenters. The molecule has 1 saturated carbocycles. The number of nitro benzene ring substituents is 1. The Morgan fingerprint density at radius 1 is 1.19 bits per heavy atom. The topological polar surface area (TPSA) is 101 Å². The van der Waals surface area contributed by atoms with E-state index in [0.29, 0.717) is 6.54 Å². The molecule has 1 heterocycles. The Bertz CT molecular complexity index is 1200. The first-order valence-electron chi connectivity index (χ1n) is 10.3. The molecule has 1 aliphatic carbocycles. The molecule has 0 aliphatic heterocycles. The highest BCUT2D eigenvalue weighted by atomic mass is 16.6. The van der Waals surface area contributed by atoms with E-state index in [1.165, 1.54) is 12.1 Å². The first kappa shape index (κ1) is 20.4. The molecule has 1 aromatic heterocycles. The van der Waals surface area contributed by atoms with Crippen molar-refractivity contribution in [3.05, 3.63) is 81.5 Å². The van der Waals surface area contributed by atoms with Crippen LogP contribution in [0.25, 0.3) is 17.0 Å². The van der Waals surface area contributed by atoms with Gasteiger partial charge in [-0.2, -0.15) is 5.26 Å². The summed E-state index contributed by atoms with van der Waals surface area (Å²) in [4.78, 5) is 23.1. The second-order valence-electron chi connectivity index (χ2n) is 7.78. The Balaban J connectivity index is 1.64. The number of benzene rings is 2. The molecular formula is C24H22N4O3. The van der Waals surface area contributed by atoms with Crippen LogP contribution in [-0.2, 0) is 11.3 Å². The van der Waals surface area contributed by atoms with Gasteiger partial charge in [0.05, 0.1) is 4.92 Å². The summed E-state index contributed by atoms with van der Waals surface area (Å²) in [5, 5.41) is 24.4. The molecule has 31 heavy (non-hydrogen) atoms. The fourth-order valence-corrected chi connectivity index (χ4v) is 4.08. The number of nitriles is 1. The number of rotatable bonds is 6. The average Bonchev–Trinajstić information content (AvgIpc) is 3.40. The van der Waals surface area contributed by atoms with Gasteiger partial charge in [-0.15, -0.1) is 0 Å². The van der Waals surface area contributed by atoms with Gasteiger partial charge in [0.1, 0.15) is 11.6 Å². The Hall–Kier alpha value is -3.92. The summed E-state index contributed by atoms with van der Waals surface area (Å²) < 4.78 is 2.02. The highest BCUT2D eigenvalue weighted by Crippen LogP contribution is 2.25. The molecule has 0 radical (unpaired) electrons. The molecule has 0 saturated heterocycles. The number of carbonyl (C=O) groups is 1. The van der Waals surface area contributed by atoms with Gasteiger partial charge in [-0.25, -0.2) is 0 Å². The van der Waals surface area contributed by atoms with Crippen LogP contribution in [0.5, 0.6) is 0 Å². The summed E-state index contributed by atoms with van der Waals surface area (Å²) in [6.07, 6.45) is 7.67. The lowest BCUT2D eigenvalue weighted by molar-refractivity contribution is -0.384. The molecular weight excluding hydrogens is 392 g/mol. The maximum atomic E-state index is 12.6. The summed E-state index contributed by atoms with van der Waals surface area (Å²) in [5.41, 5.74) is 2.81. The lowest BCUT2D eigenvalue weighted by Crippen LogP contribution is -2.33. The van der Waals surface area contributed by atoms with Crippen molar-refractivity contribution in [3.63, 3.8) is 0 Å². The number of carbonyl (C=O) groups excluding carboxylic acids is 1. The van der Waals surface area contributed by atoms with Crippen LogP contribution in [0.4, 0.5) is 5.69 Å². The normalized spacial score (nSPS) is 14.5. The van der Waals surface area contributed by atoms with Gasteiger partial charge in [-0.1, -0.05) is 43.2 Å². The third-order valence-corrected chi connectivity index (χ3v) is 5.67. The van der Waals surface area contributed by atoms with Crippen molar-refractivity contribution < 1.29 is 9.72 Å². The van der Waals surface area contributed by atoms with Crippen LogP contribution in [0.15, 0.2) is 60.3 Å². The van der Waals surface area contributed by atoms with Gasteiger partial charge in [-0.3, -0.25) is 14.9 Å². The van der Waals surface area contributed by atoms with Gasteiger partial charge in [0, 0.05) is 47.4 Å². The number of hydrogen-bond donors (Lipinski definition) is 1. The van der Waals surface area contributed by atoms with Crippen molar-refractivity contribution in [2.75, 3.05) is 0 Å². The van der Waals surface area contributed by atoms with E-state index in [1.54, 1.807) is 18.2 Å². The molecule has 1 N–H and O–H groups in total. The van der Waals surface area contributed by atoms with E-state index in [9.17, 15) is 20.2 Å². The Morgan fingerprint density at radius 2 is 1.90 bits per heavy atom. The largest absolute Gasteiger partial charge is 0.349 e. The average molecular weight is 414 g/mol. The SMILES string of the molecule is N#C/C(=C/c1cn(Cc2ccc([N+](=O)[O-])cc2)c2ccccc12)C(=O)NC1CCCC1. The molecule has 156 valence electrons. The van der Waals surface area contributed by atoms with Gasteiger partial charge in [0.15, 0.2) is 0 Å².